The first-order chi connectivity index (χ1) is 5.86. The van der Waals surface area contributed by atoms with Crippen molar-refractivity contribution in [1.29, 1.82) is 0 Å². The molecular formula is C10H19NO. The van der Waals surface area contributed by atoms with Crippen molar-refractivity contribution < 1.29 is 4.74 Å². The van der Waals surface area contributed by atoms with Crippen LogP contribution >= 0.6 is 0 Å². The molecule has 70 valence electrons. The third-order valence-corrected chi connectivity index (χ3v) is 2.43. The summed E-state index contributed by atoms with van der Waals surface area (Å²) in [7, 11) is 2.00. The summed E-state index contributed by atoms with van der Waals surface area (Å²) < 4.78 is 5.56. The number of hydrogen-bond acceptors (Lipinski definition) is 2. The minimum absolute atomic E-state index is 0.488. The molecule has 1 rings (SSSR count). The number of rotatable bonds is 5. The lowest BCUT2D eigenvalue weighted by molar-refractivity contribution is 0.0957. The van der Waals surface area contributed by atoms with Crippen LogP contribution in [0.2, 0.25) is 0 Å². The van der Waals surface area contributed by atoms with Crippen LogP contribution in [0.5, 0.6) is 0 Å². The van der Waals surface area contributed by atoms with E-state index in [1.807, 2.05) is 13.1 Å². The number of ether oxygens (including phenoxy) is 1. The van der Waals surface area contributed by atoms with Gasteiger partial charge in [-0.15, -0.1) is 6.58 Å². The van der Waals surface area contributed by atoms with Crippen LogP contribution in [0, 0.1) is 0 Å². The molecule has 1 aliphatic heterocycles. The number of nitrogens with one attached hydrogen (secondary N) is 1. The molecule has 0 radical (unpaired) electrons. The molecule has 1 heterocycles. The van der Waals surface area contributed by atoms with Gasteiger partial charge in [0.2, 0.25) is 0 Å². The van der Waals surface area contributed by atoms with Gasteiger partial charge in [-0.2, -0.15) is 0 Å². The molecular weight excluding hydrogens is 150 g/mol. The van der Waals surface area contributed by atoms with Crippen LogP contribution in [0.4, 0.5) is 0 Å². The quantitative estimate of drug-likeness (QED) is 0.633. The zero-order chi connectivity index (χ0) is 8.81. The van der Waals surface area contributed by atoms with Crippen molar-refractivity contribution >= 4 is 0 Å². The minimum Gasteiger partial charge on any atom is -0.378 e. The van der Waals surface area contributed by atoms with E-state index in [9.17, 15) is 0 Å². The van der Waals surface area contributed by atoms with Crippen LogP contribution < -0.4 is 5.32 Å². The molecule has 0 saturated carbocycles. The molecule has 0 spiro atoms. The Morgan fingerprint density at radius 1 is 1.75 bits per heavy atom. The highest BCUT2D eigenvalue weighted by molar-refractivity contribution is 4.80. The molecule has 1 N–H and O–H groups in total. The Kier molecular flexibility index (Phi) is 4.33. The second-order valence-electron chi connectivity index (χ2n) is 3.38. The number of hydrogen-bond donors (Lipinski definition) is 1. The average molecular weight is 169 g/mol. The summed E-state index contributed by atoms with van der Waals surface area (Å²) in [4.78, 5) is 0. The Bertz CT molecular complexity index is 130. The summed E-state index contributed by atoms with van der Waals surface area (Å²) in [5.74, 6) is 0. The smallest absolute Gasteiger partial charge is 0.0590 e. The molecule has 1 aliphatic rings. The average Bonchev–Trinajstić information content (AvgIpc) is 2.56. The third-order valence-electron chi connectivity index (χ3n) is 2.43. The molecule has 0 bridgehead atoms. The van der Waals surface area contributed by atoms with E-state index >= 15 is 0 Å². The fourth-order valence-corrected chi connectivity index (χ4v) is 1.68. The second kappa shape index (κ2) is 5.33. The van der Waals surface area contributed by atoms with Gasteiger partial charge in [-0.05, 0) is 32.7 Å². The summed E-state index contributed by atoms with van der Waals surface area (Å²) in [6.45, 7) is 4.70. The van der Waals surface area contributed by atoms with E-state index in [0.29, 0.717) is 12.1 Å². The van der Waals surface area contributed by atoms with Crippen LogP contribution in [-0.2, 0) is 4.74 Å². The van der Waals surface area contributed by atoms with Gasteiger partial charge < -0.3 is 10.1 Å². The van der Waals surface area contributed by atoms with Crippen molar-refractivity contribution in [3.63, 3.8) is 0 Å². The van der Waals surface area contributed by atoms with Crippen molar-refractivity contribution in [3.8, 4) is 0 Å². The van der Waals surface area contributed by atoms with Gasteiger partial charge in [-0.1, -0.05) is 6.08 Å². The van der Waals surface area contributed by atoms with Crippen LogP contribution in [0.15, 0.2) is 12.7 Å². The Morgan fingerprint density at radius 2 is 2.58 bits per heavy atom. The van der Waals surface area contributed by atoms with Crippen molar-refractivity contribution in [2.75, 3.05) is 13.7 Å². The fourth-order valence-electron chi connectivity index (χ4n) is 1.68. The molecule has 0 aliphatic carbocycles. The van der Waals surface area contributed by atoms with E-state index in [1.165, 1.54) is 12.8 Å². The molecule has 0 aromatic carbocycles. The van der Waals surface area contributed by atoms with E-state index in [1.54, 1.807) is 0 Å². The molecule has 2 nitrogen and oxygen atoms in total. The van der Waals surface area contributed by atoms with Gasteiger partial charge in [0.15, 0.2) is 0 Å². The summed E-state index contributed by atoms with van der Waals surface area (Å²) in [5.41, 5.74) is 0. The van der Waals surface area contributed by atoms with Gasteiger partial charge in [-0.25, -0.2) is 0 Å². The maximum atomic E-state index is 5.56. The Hall–Kier alpha value is -0.340. The summed E-state index contributed by atoms with van der Waals surface area (Å²) in [6.07, 6.45) is 7.09. The maximum Gasteiger partial charge on any atom is 0.0590 e. The molecule has 12 heavy (non-hydrogen) atoms. The predicted octanol–water partition coefficient (Wildman–Crippen LogP) is 1.72. The van der Waals surface area contributed by atoms with Gasteiger partial charge in [0.1, 0.15) is 0 Å². The van der Waals surface area contributed by atoms with Gasteiger partial charge in [-0.3, -0.25) is 0 Å². The van der Waals surface area contributed by atoms with Crippen LogP contribution in [0.1, 0.15) is 25.7 Å². The lowest BCUT2D eigenvalue weighted by atomic mass is 10.0. The maximum absolute atomic E-state index is 5.56. The Balaban J connectivity index is 2.20. The molecule has 2 unspecified atom stereocenters. The molecule has 0 amide bonds. The second-order valence-corrected chi connectivity index (χ2v) is 3.38. The van der Waals surface area contributed by atoms with Crippen molar-refractivity contribution in [2.24, 2.45) is 0 Å². The van der Waals surface area contributed by atoms with Crippen LogP contribution in [0.25, 0.3) is 0 Å². The highest BCUT2D eigenvalue weighted by atomic mass is 16.5. The first-order valence-electron chi connectivity index (χ1n) is 4.76. The van der Waals surface area contributed by atoms with Gasteiger partial charge in [0, 0.05) is 12.6 Å². The monoisotopic (exact) mass is 169 g/mol. The van der Waals surface area contributed by atoms with Crippen molar-refractivity contribution in [1.82, 2.24) is 5.32 Å². The van der Waals surface area contributed by atoms with Gasteiger partial charge in [0.05, 0.1) is 6.10 Å². The highest BCUT2D eigenvalue weighted by Gasteiger charge is 2.18. The molecule has 2 atom stereocenters. The van der Waals surface area contributed by atoms with E-state index in [-0.39, 0.29) is 0 Å². The third kappa shape index (κ3) is 2.95. The highest BCUT2D eigenvalue weighted by Crippen LogP contribution is 2.17. The van der Waals surface area contributed by atoms with E-state index in [2.05, 4.69) is 11.9 Å². The minimum atomic E-state index is 0.488. The summed E-state index contributed by atoms with van der Waals surface area (Å²) in [6, 6.07) is 0.547. The normalized spacial score (nSPS) is 25.6. The first kappa shape index (κ1) is 9.75. The Labute approximate surface area is 75.0 Å². The summed E-state index contributed by atoms with van der Waals surface area (Å²) in [5, 5.41) is 3.28. The Morgan fingerprint density at radius 3 is 3.08 bits per heavy atom. The standard InChI is InChI=1S/C10H19NO/c1-3-5-9(11-2)8-10-6-4-7-12-10/h3,9-11H,1,4-8H2,2H3. The lowest BCUT2D eigenvalue weighted by Gasteiger charge is -2.17. The zero-order valence-corrected chi connectivity index (χ0v) is 7.88. The lowest BCUT2D eigenvalue weighted by Crippen LogP contribution is -2.28. The van der Waals surface area contributed by atoms with Crippen molar-refractivity contribution in [2.45, 2.75) is 37.8 Å². The molecule has 2 heteroatoms. The van der Waals surface area contributed by atoms with Gasteiger partial charge in [0.25, 0.3) is 0 Å². The SMILES string of the molecule is C=CCC(CC1CCCO1)NC. The topological polar surface area (TPSA) is 21.3 Å². The van der Waals surface area contributed by atoms with Gasteiger partial charge >= 0.3 is 0 Å². The predicted molar refractivity (Wildman–Crippen MR) is 51.3 cm³/mol. The van der Waals surface area contributed by atoms with E-state index in [0.717, 1.165) is 19.4 Å². The van der Waals surface area contributed by atoms with Crippen molar-refractivity contribution in [3.05, 3.63) is 12.7 Å². The first-order valence-corrected chi connectivity index (χ1v) is 4.76. The summed E-state index contributed by atoms with van der Waals surface area (Å²) >= 11 is 0. The van der Waals surface area contributed by atoms with Crippen LogP contribution in [0.3, 0.4) is 0 Å². The molecule has 0 aromatic heterocycles. The largest absolute Gasteiger partial charge is 0.378 e. The van der Waals surface area contributed by atoms with Crippen LogP contribution in [-0.4, -0.2) is 25.8 Å². The molecule has 1 saturated heterocycles. The fraction of sp³-hybridized carbons (Fsp3) is 0.800. The molecule has 1 fully saturated rings. The van der Waals surface area contributed by atoms with E-state index < -0.39 is 0 Å². The zero-order valence-electron chi connectivity index (χ0n) is 7.88. The molecule has 0 aromatic rings. The van der Waals surface area contributed by atoms with E-state index in [4.69, 9.17) is 4.74 Å².